The number of hydrogen-bond acceptors (Lipinski definition) is 4. The second-order valence-electron chi connectivity index (χ2n) is 4.75. The Hall–Kier alpha value is -1.63. The third-order valence-corrected chi connectivity index (χ3v) is 4.24. The number of hydrogen-bond donors (Lipinski definition) is 3. The van der Waals surface area contributed by atoms with Crippen LogP contribution in [0.15, 0.2) is 11.6 Å². The maximum Gasteiger partial charge on any atom is 0.315 e. The van der Waals surface area contributed by atoms with Crippen LogP contribution < -0.4 is 10.6 Å². The van der Waals surface area contributed by atoms with Gasteiger partial charge in [-0.1, -0.05) is 0 Å². The molecule has 6 nitrogen and oxygen atoms in total. The molecule has 7 heteroatoms. The molecular formula is C12H17N3O3S. The van der Waals surface area contributed by atoms with E-state index in [-0.39, 0.29) is 24.0 Å². The van der Waals surface area contributed by atoms with Crippen molar-refractivity contribution < 1.29 is 14.7 Å². The predicted molar refractivity (Wildman–Crippen MR) is 71.0 cm³/mol. The fraction of sp³-hybridized carbons (Fsp3) is 0.583. The monoisotopic (exact) mass is 283 g/mol. The van der Waals surface area contributed by atoms with E-state index < -0.39 is 5.97 Å². The lowest BCUT2D eigenvalue weighted by Gasteiger charge is -2.16. The quantitative estimate of drug-likeness (QED) is 0.785. The zero-order valence-corrected chi connectivity index (χ0v) is 11.4. The van der Waals surface area contributed by atoms with E-state index in [0.29, 0.717) is 12.8 Å². The smallest absolute Gasteiger partial charge is 0.315 e. The molecule has 0 aliphatic heterocycles. The molecule has 1 saturated carbocycles. The van der Waals surface area contributed by atoms with Crippen molar-refractivity contribution in [2.75, 3.05) is 0 Å². The SMILES string of the molecule is CC(NC(=O)N[C@H]1CC[C@@H](C(=O)O)C1)c1nccs1. The molecule has 0 saturated heterocycles. The topological polar surface area (TPSA) is 91.3 Å². The second-order valence-corrected chi connectivity index (χ2v) is 5.68. The van der Waals surface area contributed by atoms with Crippen molar-refractivity contribution in [3.05, 3.63) is 16.6 Å². The van der Waals surface area contributed by atoms with Crippen LogP contribution in [0.5, 0.6) is 0 Å². The van der Waals surface area contributed by atoms with E-state index in [1.807, 2.05) is 12.3 Å². The van der Waals surface area contributed by atoms with Gasteiger partial charge in [0.05, 0.1) is 12.0 Å². The van der Waals surface area contributed by atoms with Crippen LogP contribution in [0.3, 0.4) is 0 Å². The van der Waals surface area contributed by atoms with Gasteiger partial charge in [0.25, 0.3) is 0 Å². The summed E-state index contributed by atoms with van der Waals surface area (Å²) < 4.78 is 0. The minimum absolute atomic E-state index is 0.0513. The van der Waals surface area contributed by atoms with Crippen molar-refractivity contribution in [3.63, 3.8) is 0 Å². The number of carboxylic acids is 1. The lowest BCUT2D eigenvalue weighted by Crippen LogP contribution is -2.42. The molecule has 19 heavy (non-hydrogen) atoms. The maximum absolute atomic E-state index is 11.8. The molecule has 1 unspecified atom stereocenters. The van der Waals surface area contributed by atoms with Crippen molar-refractivity contribution in [1.29, 1.82) is 0 Å². The van der Waals surface area contributed by atoms with Gasteiger partial charge >= 0.3 is 12.0 Å². The number of urea groups is 1. The van der Waals surface area contributed by atoms with Crippen molar-refractivity contribution in [1.82, 2.24) is 15.6 Å². The standard InChI is InChI=1S/C12H17N3O3S/c1-7(10-13-4-5-19-10)14-12(18)15-9-3-2-8(6-9)11(16)17/h4-5,7-9H,2-3,6H2,1H3,(H,16,17)(H2,14,15,18)/t7?,8-,9+/m1/s1. The summed E-state index contributed by atoms with van der Waals surface area (Å²) in [5.74, 6) is -1.11. The first kappa shape index (κ1) is 13.8. The van der Waals surface area contributed by atoms with Gasteiger partial charge < -0.3 is 15.7 Å². The number of thiazole rings is 1. The van der Waals surface area contributed by atoms with E-state index >= 15 is 0 Å². The van der Waals surface area contributed by atoms with Crippen LogP contribution in [-0.2, 0) is 4.79 Å². The lowest BCUT2D eigenvalue weighted by molar-refractivity contribution is -0.141. The van der Waals surface area contributed by atoms with Gasteiger partial charge in [0, 0.05) is 17.6 Å². The Bertz CT molecular complexity index is 449. The van der Waals surface area contributed by atoms with Gasteiger partial charge in [0.15, 0.2) is 0 Å². The van der Waals surface area contributed by atoms with E-state index in [9.17, 15) is 9.59 Å². The van der Waals surface area contributed by atoms with E-state index in [1.54, 1.807) is 6.20 Å². The van der Waals surface area contributed by atoms with Gasteiger partial charge in [-0.25, -0.2) is 9.78 Å². The number of carboxylic acid groups (broad SMARTS) is 1. The van der Waals surface area contributed by atoms with Crippen LogP contribution in [0, 0.1) is 5.92 Å². The molecule has 2 amide bonds. The molecule has 1 heterocycles. The number of rotatable bonds is 4. The van der Waals surface area contributed by atoms with E-state index in [2.05, 4.69) is 15.6 Å². The highest BCUT2D eigenvalue weighted by Gasteiger charge is 2.30. The molecule has 3 atom stereocenters. The third-order valence-electron chi connectivity index (χ3n) is 3.29. The summed E-state index contributed by atoms with van der Waals surface area (Å²) in [4.78, 5) is 26.8. The van der Waals surface area contributed by atoms with Crippen molar-refractivity contribution in [3.8, 4) is 0 Å². The largest absolute Gasteiger partial charge is 0.481 e. The van der Waals surface area contributed by atoms with E-state index in [4.69, 9.17) is 5.11 Å². The zero-order chi connectivity index (χ0) is 13.8. The summed E-state index contributed by atoms with van der Waals surface area (Å²) in [6.45, 7) is 1.87. The van der Waals surface area contributed by atoms with Gasteiger partial charge in [0.2, 0.25) is 0 Å². The Kier molecular flexibility index (Phi) is 4.36. The van der Waals surface area contributed by atoms with Crippen LogP contribution in [0.2, 0.25) is 0 Å². The Morgan fingerprint density at radius 3 is 2.89 bits per heavy atom. The molecule has 0 radical (unpaired) electrons. The van der Waals surface area contributed by atoms with Gasteiger partial charge in [0.1, 0.15) is 5.01 Å². The van der Waals surface area contributed by atoms with Crippen LogP contribution in [0.4, 0.5) is 4.79 Å². The van der Waals surface area contributed by atoms with E-state index in [1.165, 1.54) is 11.3 Å². The summed E-state index contributed by atoms with van der Waals surface area (Å²) in [7, 11) is 0. The molecule has 104 valence electrons. The molecule has 1 aromatic rings. The summed E-state index contributed by atoms with van der Waals surface area (Å²) in [6.07, 6.45) is 3.55. The fourth-order valence-corrected chi connectivity index (χ4v) is 2.92. The van der Waals surface area contributed by atoms with Crippen molar-refractivity contribution >= 4 is 23.3 Å². The zero-order valence-electron chi connectivity index (χ0n) is 10.6. The number of nitrogens with zero attached hydrogens (tertiary/aromatic N) is 1. The van der Waals surface area contributed by atoms with E-state index in [0.717, 1.165) is 11.4 Å². The first-order chi connectivity index (χ1) is 9.06. The Morgan fingerprint density at radius 1 is 1.53 bits per heavy atom. The lowest BCUT2D eigenvalue weighted by atomic mass is 10.1. The molecule has 1 aromatic heterocycles. The molecule has 1 fully saturated rings. The summed E-state index contributed by atoms with van der Waals surface area (Å²) in [6, 6.07) is -0.458. The van der Waals surface area contributed by atoms with Crippen molar-refractivity contribution in [2.45, 2.75) is 38.3 Å². The molecule has 0 aromatic carbocycles. The maximum atomic E-state index is 11.8. The third kappa shape index (κ3) is 3.66. The van der Waals surface area contributed by atoms with Crippen LogP contribution in [0.25, 0.3) is 0 Å². The van der Waals surface area contributed by atoms with Crippen molar-refractivity contribution in [2.24, 2.45) is 5.92 Å². The molecule has 3 N–H and O–H groups in total. The fourth-order valence-electron chi connectivity index (χ4n) is 2.27. The summed E-state index contributed by atoms with van der Waals surface area (Å²) in [5.41, 5.74) is 0. The molecule has 2 rings (SSSR count). The Labute approximate surface area is 115 Å². The molecule has 1 aliphatic rings. The first-order valence-corrected chi connectivity index (χ1v) is 7.13. The second kappa shape index (κ2) is 6.01. The highest BCUT2D eigenvalue weighted by atomic mass is 32.1. The van der Waals surface area contributed by atoms with Crippen LogP contribution in [-0.4, -0.2) is 28.1 Å². The van der Waals surface area contributed by atoms with Gasteiger partial charge in [-0.3, -0.25) is 4.79 Å². The van der Waals surface area contributed by atoms with Crippen LogP contribution >= 0.6 is 11.3 Å². The minimum atomic E-state index is -0.777. The average molecular weight is 283 g/mol. The number of nitrogens with one attached hydrogen (secondary N) is 2. The molecule has 0 spiro atoms. The molecule has 0 bridgehead atoms. The number of carbonyl (C=O) groups is 2. The summed E-state index contributed by atoms with van der Waals surface area (Å²) >= 11 is 1.49. The average Bonchev–Trinajstić information content (AvgIpc) is 2.98. The predicted octanol–water partition coefficient (Wildman–Crippen LogP) is 1.76. The minimum Gasteiger partial charge on any atom is -0.481 e. The van der Waals surface area contributed by atoms with Gasteiger partial charge in [-0.2, -0.15) is 0 Å². The van der Waals surface area contributed by atoms with Gasteiger partial charge in [-0.15, -0.1) is 11.3 Å². The number of carbonyl (C=O) groups excluding carboxylic acids is 1. The van der Waals surface area contributed by atoms with Crippen LogP contribution in [0.1, 0.15) is 37.2 Å². The highest BCUT2D eigenvalue weighted by Crippen LogP contribution is 2.25. The first-order valence-electron chi connectivity index (χ1n) is 6.25. The number of aliphatic carboxylic acids is 1. The number of amides is 2. The summed E-state index contributed by atoms with van der Waals surface area (Å²) in [5, 5.41) is 17.2. The highest BCUT2D eigenvalue weighted by molar-refractivity contribution is 7.09. The van der Waals surface area contributed by atoms with Gasteiger partial charge in [-0.05, 0) is 26.2 Å². The Balaban J connectivity index is 1.78. The normalized spacial score (nSPS) is 23.8. The molecule has 1 aliphatic carbocycles. The Morgan fingerprint density at radius 2 is 2.32 bits per heavy atom. The molecular weight excluding hydrogens is 266 g/mol. The number of aromatic nitrogens is 1.